The SMILES string of the molecule is N#Cc1ccc(OC2CCC(NC(=O)c3cnc(N4CCC(CN(CC5COC5)C5CC(Oc6ccc7c(c6)C(=O)N([C@@H]6CCC(=O)NC6=O)C7)C5)CC4)cn3)CC2)cc1Cl. The van der Waals surface area contributed by atoms with Crippen LogP contribution in [0.5, 0.6) is 11.5 Å². The van der Waals surface area contributed by atoms with Crippen LogP contribution in [0, 0.1) is 23.2 Å². The van der Waals surface area contributed by atoms with E-state index in [2.05, 4.69) is 36.5 Å². The van der Waals surface area contributed by atoms with Gasteiger partial charge in [-0.25, -0.2) is 9.97 Å². The van der Waals surface area contributed by atoms with Crippen molar-refractivity contribution < 1.29 is 33.4 Å². The number of nitrogens with zero attached hydrogens (tertiary/aromatic N) is 6. The van der Waals surface area contributed by atoms with E-state index in [1.54, 1.807) is 35.5 Å². The molecule has 0 unspecified atom stereocenters. The molecule has 2 N–H and O–H groups in total. The molecule has 1 atom stereocenters. The van der Waals surface area contributed by atoms with Crippen molar-refractivity contribution in [1.82, 2.24) is 30.4 Å². The maximum Gasteiger partial charge on any atom is 0.271 e. The number of nitriles is 1. The first-order valence-corrected chi connectivity index (χ1v) is 22.0. The van der Waals surface area contributed by atoms with E-state index in [0.717, 1.165) is 102 Å². The number of anilines is 1. The van der Waals surface area contributed by atoms with E-state index in [0.29, 0.717) is 64.2 Å². The Balaban J connectivity index is 0.714. The molecular formula is C45H51ClN8O7. The summed E-state index contributed by atoms with van der Waals surface area (Å²) >= 11 is 6.16. The van der Waals surface area contributed by atoms with Crippen LogP contribution in [0.4, 0.5) is 5.82 Å². The van der Waals surface area contributed by atoms with Crippen molar-refractivity contribution in [3.63, 3.8) is 0 Å². The molecule has 4 aliphatic heterocycles. The lowest BCUT2D eigenvalue weighted by Gasteiger charge is -2.46. The highest BCUT2D eigenvalue weighted by atomic mass is 35.5. The number of hydrogen-bond donors (Lipinski definition) is 2. The molecule has 1 aromatic heterocycles. The summed E-state index contributed by atoms with van der Waals surface area (Å²) in [5.41, 5.74) is 2.16. The zero-order valence-corrected chi connectivity index (χ0v) is 34.9. The molecule has 0 bridgehead atoms. The van der Waals surface area contributed by atoms with Gasteiger partial charge in [0, 0.05) is 81.6 Å². The van der Waals surface area contributed by atoms with E-state index in [-0.39, 0.29) is 42.4 Å². The number of rotatable bonds is 13. The summed E-state index contributed by atoms with van der Waals surface area (Å²) < 4.78 is 18.0. The average Bonchev–Trinajstić information content (AvgIpc) is 3.55. The minimum absolute atomic E-state index is 0.0210. The Hall–Kier alpha value is -5.30. The highest BCUT2D eigenvalue weighted by Gasteiger charge is 2.41. The standard InChI is InChI=1S/C45H51ClN8O7/c46-38-18-35(5-1-29(38)19-47)60-33-7-3-31(4-8-33)50-43(56)39-20-49-41(21-48-39)52-13-11-27(12-14-52)22-53(23-28-25-59-26-28)32-15-36(16-32)61-34-6-2-30-24-54(45(58)37(30)17-34)40-9-10-42(55)51-44(40)57/h1-2,5-6,17-18,20-21,27-28,31-33,36,40H,3-4,7-16,22-26H2,(H,50,56)(H,51,55,57)/t31?,32?,33?,36?,40-/m1/s1. The summed E-state index contributed by atoms with van der Waals surface area (Å²) in [6.45, 7) is 5.75. The van der Waals surface area contributed by atoms with Crippen molar-refractivity contribution in [2.75, 3.05) is 44.3 Å². The van der Waals surface area contributed by atoms with E-state index in [1.807, 2.05) is 18.2 Å². The van der Waals surface area contributed by atoms with Crippen molar-refractivity contribution >= 4 is 41.0 Å². The fourth-order valence-corrected chi connectivity index (χ4v) is 9.75. The first kappa shape index (κ1) is 41.1. The third-order valence-corrected chi connectivity index (χ3v) is 13.6. The van der Waals surface area contributed by atoms with Gasteiger partial charge in [0.05, 0.1) is 42.3 Å². The number of hydrogen-bond acceptors (Lipinski definition) is 12. The van der Waals surface area contributed by atoms with Crippen LogP contribution in [-0.2, 0) is 20.9 Å². The number of piperidine rings is 2. The number of halogens is 1. The van der Waals surface area contributed by atoms with Crippen LogP contribution >= 0.6 is 11.6 Å². The molecule has 15 nitrogen and oxygen atoms in total. The van der Waals surface area contributed by atoms with Gasteiger partial charge in [0.2, 0.25) is 11.8 Å². The molecule has 320 valence electrons. The molecule has 2 aliphatic carbocycles. The first-order valence-electron chi connectivity index (χ1n) is 21.7. The van der Waals surface area contributed by atoms with Crippen molar-refractivity contribution in [2.24, 2.45) is 11.8 Å². The molecule has 0 radical (unpaired) electrons. The summed E-state index contributed by atoms with van der Waals surface area (Å²) in [6.07, 6.45) is 11.0. The first-order chi connectivity index (χ1) is 29.6. The fraction of sp³-hybridized carbons (Fsp3) is 0.533. The molecular weight excluding hydrogens is 800 g/mol. The molecule has 4 amide bonds. The molecule has 2 aromatic carbocycles. The lowest BCUT2D eigenvalue weighted by molar-refractivity contribution is -0.136. The summed E-state index contributed by atoms with van der Waals surface area (Å²) in [7, 11) is 0. The van der Waals surface area contributed by atoms with Crippen molar-refractivity contribution in [3.8, 4) is 17.6 Å². The lowest BCUT2D eigenvalue weighted by atomic mass is 9.85. The Bertz CT molecular complexity index is 2180. The summed E-state index contributed by atoms with van der Waals surface area (Å²) in [5, 5.41) is 15.0. The highest BCUT2D eigenvalue weighted by Crippen LogP contribution is 2.36. The smallest absolute Gasteiger partial charge is 0.271 e. The zero-order chi connectivity index (χ0) is 42.0. The van der Waals surface area contributed by atoms with E-state index in [1.165, 1.54) is 0 Å². The van der Waals surface area contributed by atoms with Gasteiger partial charge >= 0.3 is 0 Å². The highest BCUT2D eigenvalue weighted by molar-refractivity contribution is 6.31. The second-order valence-electron chi connectivity index (χ2n) is 17.5. The van der Waals surface area contributed by atoms with Crippen LogP contribution in [0.15, 0.2) is 48.8 Å². The van der Waals surface area contributed by atoms with Gasteiger partial charge in [-0.3, -0.25) is 29.4 Å². The molecule has 3 aromatic rings. The maximum absolute atomic E-state index is 13.3. The molecule has 3 saturated heterocycles. The zero-order valence-electron chi connectivity index (χ0n) is 34.1. The summed E-state index contributed by atoms with van der Waals surface area (Å²) in [4.78, 5) is 66.2. The van der Waals surface area contributed by atoms with Gasteiger partial charge in [-0.15, -0.1) is 0 Å². The Kier molecular flexibility index (Phi) is 12.1. The predicted molar refractivity (Wildman–Crippen MR) is 223 cm³/mol. The minimum atomic E-state index is -0.636. The largest absolute Gasteiger partial charge is 0.490 e. The van der Waals surface area contributed by atoms with Gasteiger partial charge in [-0.2, -0.15) is 5.26 Å². The monoisotopic (exact) mass is 850 g/mol. The van der Waals surface area contributed by atoms with Crippen LogP contribution < -0.4 is 25.0 Å². The third kappa shape index (κ3) is 9.32. The topological polar surface area (TPSA) is 179 Å². The number of amides is 4. The van der Waals surface area contributed by atoms with E-state index in [4.69, 9.17) is 31.1 Å². The normalized spacial score (nSPS) is 25.6. The Morgan fingerprint density at radius 2 is 1.66 bits per heavy atom. The number of imide groups is 1. The van der Waals surface area contributed by atoms with Crippen molar-refractivity contribution in [3.05, 3.63) is 76.2 Å². The molecule has 16 heteroatoms. The Morgan fingerprint density at radius 3 is 2.34 bits per heavy atom. The molecule has 0 spiro atoms. The van der Waals surface area contributed by atoms with Crippen LogP contribution in [-0.4, -0.2) is 113 Å². The lowest BCUT2D eigenvalue weighted by Crippen LogP contribution is -2.54. The molecule has 61 heavy (non-hydrogen) atoms. The Morgan fingerprint density at radius 1 is 0.918 bits per heavy atom. The number of fused-ring (bicyclic) bond motifs is 1. The van der Waals surface area contributed by atoms with Gasteiger partial charge in [-0.05, 0) is 80.7 Å². The number of carbonyl (C=O) groups is 4. The molecule has 9 rings (SSSR count). The maximum atomic E-state index is 13.3. The third-order valence-electron chi connectivity index (χ3n) is 13.3. The second kappa shape index (κ2) is 18.0. The number of ether oxygens (including phenoxy) is 3. The number of benzene rings is 2. The van der Waals surface area contributed by atoms with Gasteiger partial charge in [-0.1, -0.05) is 17.7 Å². The van der Waals surface area contributed by atoms with Gasteiger partial charge in [0.25, 0.3) is 11.8 Å². The molecule has 5 heterocycles. The van der Waals surface area contributed by atoms with Crippen molar-refractivity contribution in [2.45, 2.75) is 101 Å². The van der Waals surface area contributed by atoms with Crippen LogP contribution in [0.3, 0.4) is 0 Å². The average molecular weight is 851 g/mol. The molecule has 5 fully saturated rings. The van der Waals surface area contributed by atoms with Crippen LogP contribution in [0.25, 0.3) is 0 Å². The quantitative estimate of drug-likeness (QED) is 0.228. The van der Waals surface area contributed by atoms with Crippen molar-refractivity contribution in [1.29, 1.82) is 5.26 Å². The summed E-state index contributed by atoms with van der Waals surface area (Å²) in [6, 6.07) is 12.6. The van der Waals surface area contributed by atoms with E-state index < -0.39 is 11.9 Å². The number of aromatic nitrogens is 2. The fourth-order valence-electron chi connectivity index (χ4n) is 9.54. The predicted octanol–water partition coefficient (Wildman–Crippen LogP) is 4.66. The van der Waals surface area contributed by atoms with Gasteiger partial charge in [0.1, 0.15) is 41.2 Å². The van der Waals surface area contributed by atoms with E-state index in [9.17, 15) is 19.2 Å². The summed E-state index contributed by atoms with van der Waals surface area (Å²) in [5.74, 6) is 2.07. The van der Waals surface area contributed by atoms with Gasteiger partial charge in [0.15, 0.2) is 0 Å². The number of carbonyl (C=O) groups excluding carboxylic acids is 4. The van der Waals surface area contributed by atoms with Crippen LogP contribution in [0.2, 0.25) is 5.02 Å². The molecule has 6 aliphatic rings. The van der Waals surface area contributed by atoms with Gasteiger partial charge < -0.3 is 29.3 Å². The number of nitrogens with one attached hydrogen (secondary N) is 2. The second-order valence-corrected chi connectivity index (χ2v) is 17.9. The minimum Gasteiger partial charge on any atom is -0.490 e. The Labute approximate surface area is 360 Å². The van der Waals surface area contributed by atoms with Crippen LogP contribution in [0.1, 0.15) is 96.2 Å². The molecule has 2 saturated carbocycles. The van der Waals surface area contributed by atoms with E-state index >= 15 is 0 Å².